The lowest BCUT2D eigenvalue weighted by Crippen LogP contribution is -2.42. The number of aliphatic hydroxyl groups is 1. The van der Waals surface area contributed by atoms with Crippen molar-refractivity contribution in [3.8, 4) is 5.75 Å². The molecule has 0 saturated heterocycles. The van der Waals surface area contributed by atoms with Gasteiger partial charge < -0.3 is 14.6 Å². The minimum atomic E-state index is -1.11. The summed E-state index contributed by atoms with van der Waals surface area (Å²) in [5.74, 6) is -0.458. The van der Waals surface area contributed by atoms with Gasteiger partial charge in [-0.15, -0.1) is 0 Å². The molecular weight excluding hydrogens is 284 g/mol. The average Bonchev–Trinajstić information content (AvgIpc) is 2.63. The molecule has 0 aromatic heterocycles. The zero-order valence-electron chi connectivity index (χ0n) is 13.2. The molecule has 118 valence electrons. The van der Waals surface area contributed by atoms with Crippen molar-refractivity contribution in [1.82, 2.24) is 0 Å². The molecule has 1 aliphatic heterocycles. The van der Waals surface area contributed by atoms with Crippen molar-refractivity contribution < 1.29 is 24.2 Å². The summed E-state index contributed by atoms with van der Waals surface area (Å²) in [6.45, 7) is 6.89. The Kier molecular flexibility index (Phi) is 3.29. The Hall–Kier alpha value is -1.88. The molecule has 2 aliphatic rings. The lowest BCUT2D eigenvalue weighted by atomic mass is 9.76. The van der Waals surface area contributed by atoms with E-state index < -0.39 is 23.6 Å². The van der Waals surface area contributed by atoms with Crippen LogP contribution >= 0.6 is 0 Å². The maximum Gasteiger partial charge on any atom is 0.324 e. The van der Waals surface area contributed by atoms with Gasteiger partial charge in [0.1, 0.15) is 17.3 Å². The largest absolute Gasteiger partial charge is 0.457 e. The second-order valence-electron chi connectivity index (χ2n) is 6.58. The molecule has 1 heterocycles. The maximum absolute atomic E-state index is 12.4. The van der Waals surface area contributed by atoms with Crippen LogP contribution in [0.5, 0.6) is 5.75 Å². The molecular formula is C17H20O5. The molecule has 0 bridgehead atoms. The molecule has 1 N–H and O–H groups in total. The molecule has 0 unspecified atom stereocenters. The van der Waals surface area contributed by atoms with Crippen molar-refractivity contribution in [2.45, 2.75) is 51.7 Å². The van der Waals surface area contributed by atoms with E-state index in [-0.39, 0.29) is 11.9 Å². The van der Waals surface area contributed by atoms with Crippen molar-refractivity contribution in [1.29, 1.82) is 0 Å². The van der Waals surface area contributed by atoms with E-state index in [1.54, 1.807) is 13.0 Å². The average molecular weight is 304 g/mol. The van der Waals surface area contributed by atoms with Crippen LogP contribution in [0.4, 0.5) is 0 Å². The third-order valence-corrected chi connectivity index (χ3v) is 4.80. The van der Waals surface area contributed by atoms with Gasteiger partial charge in [-0.05, 0) is 37.8 Å². The molecule has 0 saturated carbocycles. The topological polar surface area (TPSA) is 72.8 Å². The molecule has 1 aliphatic carbocycles. The highest BCUT2D eigenvalue weighted by molar-refractivity contribution is 5.92. The fourth-order valence-corrected chi connectivity index (χ4v) is 3.63. The zero-order chi connectivity index (χ0) is 16.2. The lowest BCUT2D eigenvalue weighted by molar-refractivity contribution is -0.150. The van der Waals surface area contributed by atoms with Crippen molar-refractivity contribution in [3.63, 3.8) is 0 Å². The number of carbonyl (C=O) groups excluding carboxylic acids is 2. The number of hydrogen-bond donors (Lipinski definition) is 1. The zero-order valence-corrected chi connectivity index (χ0v) is 13.2. The second-order valence-corrected chi connectivity index (χ2v) is 6.58. The van der Waals surface area contributed by atoms with E-state index in [1.807, 2.05) is 19.9 Å². The van der Waals surface area contributed by atoms with E-state index in [2.05, 4.69) is 0 Å². The van der Waals surface area contributed by atoms with E-state index in [0.717, 1.165) is 11.1 Å². The summed E-state index contributed by atoms with van der Waals surface area (Å²) >= 11 is 0. The Labute approximate surface area is 129 Å². The fraction of sp³-hybridized carbons (Fsp3) is 0.529. The highest BCUT2D eigenvalue weighted by Crippen LogP contribution is 2.52. The lowest BCUT2D eigenvalue weighted by Gasteiger charge is -2.26. The molecule has 1 aromatic carbocycles. The molecule has 5 heteroatoms. The van der Waals surface area contributed by atoms with E-state index >= 15 is 0 Å². The number of aliphatic hydroxyl groups excluding tert-OH is 1. The Balaban J connectivity index is 2.28. The van der Waals surface area contributed by atoms with Gasteiger partial charge in [0.05, 0.1) is 6.10 Å². The van der Waals surface area contributed by atoms with Crippen LogP contribution in [0.3, 0.4) is 0 Å². The standard InChI is InChI=1S/C17H20O5/c1-8-5-11-14-12(6-8)22-16(20)17(14,4)13(19)7-9(2)15(11)21-10(3)18/h5-6,9,13,15,19H,7H2,1-4H3/t9-,13-,15+,17-/m0/s1. The normalized spacial score (nSPS) is 33.0. The third kappa shape index (κ3) is 1.96. The monoisotopic (exact) mass is 304 g/mol. The van der Waals surface area contributed by atoms with E-state index in [0.29, 0.717) is 17.7 Å². The highest BCUT2D eigenvalue weighted by Gasteiger charge is 2.55. The van der Waals surface area contributed by atoms with Crippen LogP contribution in [-0.2, 0) is 19.7 Å². The third-order valence-electron chi connectivity index (χ3n) is 4.80. The maximum atomic E-state index is 12.4. The van der Waals surface area contributed by atoms with Crippen LogP contribution in [0.1, 0.15) is 50.0 Å². The number of ether oxygens (including phenoxy) is 2. The molecule has 0 radical (unpaired) electrons. The summed E-state index contributed by atoms with van der Waals surface area (Å²) in [7, 11) is 0. The van der Waals surface area contributed by atoms with E-state index in [9.17, 15) is 14.7 Å². The summed E-state index contributed by atoms with van der Waals surface area (Å²) in [6.07, 6.45) is -1.01. The first-order valence-electron chi connectivity index (χ1n) is 7.47. The second kappa shape index (κ2) is 4.81. The summed E-state index contributed by atoms with van der Waals surface area (Å²) in [5, 5.41) is 10.6. The minimum absolute atomic E-state index is 0.0972. The number of hydrogen-bond acceptors (Lipinski definition) is 5. The number of carbonyl (C=O) groups is 2. The van der Waals surface area contributed by atoms with Gasteiger partial charge in [-0.2, -0.15) is 0 Å². The number of esters is 2. The van der Waals surface area contributed by atoms with Crippen molar-refractivity contribution >= 4 is 11.9 Å². The predicted molar refractivity (Wildman–Crippen MR) is 78.5 cm³/mol. The molecule has 3 rings (SSSR count). The van der Waals surface area contributed by atoms with Gasteiger partial charge in [0.25, 0.3) is 0 Å². The summed E-state index contributed by atoms with van der Waals surface area (Å²) in [4.78, 5) is 23.9. The Bertz CT molecular complexity index is 665. The predicted octanol–water partition coefficient (Wildman–Crippen LogP) is 2.18. The van der Waals surface area contributed by atoms with Crippen molar-refractivity contribution in [2.75, 3.05) is 0 Å². The molecule has 0 amide bonds. The molecule has 5 nitrogen and oxygen atoms in total. The van der Waals surface area contributed by atoms with Gasteiger partial charge in [-0.3, -0.25) is 9.59 Å². The van der Waals surface area contributed by atoms with Crippen molar-refractivity contribution in [3.05, 3.63) is 28.8 Å². The van der Waals surface area contributed by atoms with E-state index in [1.165, 1.54) is 6.92 Å². The minimum Gasteiger partial charge on any atom is -0.457 e. The van der Waals surface area contributed by atoms with Crippen LogP contribution in [0, 0.1) is 12.8 Å². The van der Waals surface area contributed by atoms with Crippen LogP contribution in [0.15, 0.2) is 12.1 Å². The molecule has 22 heavy (non-hydrogen) atoms. The number of benzene rings is 1. The number of rotatable bonds is 1. The van der Waals surface area contributed by atoms with Crippen LogP contribution < -0.4 is 4.74 Å². The summed E-state index contributed by atoms with van der Waals surface area (Å²) in [6, 6.07) is 3.71. The molecule has 0 spiro atoms. The first-order chi connectivity index (χ1) is 10.2. The van der Waals surface area contributed by atoms with Crippen LogP contribution in [0.2, 0.25) is 0 Å². The first-order valence-corrected chi connectivity index (χ1v) is 7.47. The van der Waals surface area contributed by atoms with Crippen LogP contribution in [-0.4, -0.2) is 23.1 Å². The number of aryl methyl sites for hydroxylation is 1. The Morgan fingerprint density at radius 1 is 1.45 bits per heavy atom. The van der Waals surface area contributed by atoms with Gasteiger partial charge >= 0.3 is 11.9 Å². The SMILES string of the molecule is CC(=O)O[C@H]1c2cc(C)cc3c2[C@@](C)(C(=O)O3)[C@@H](O)C[C@@H]1C. The van der Waals surface area contributed by atoms with Crippen LogP contribution in [0.25, 0.3) is 0 Å². The first kappa shape index (κ1) is 15.0. The fourth-order valence-electron chi connectivity index (χ4n) is 3.63. The molecule has 4 atom stereocenters. The summed E-state index contributed by atoms with van der Waals surface area (Å²) in [5.41, 5.74) is 1.24. The quantitative estimate of drug-likeness (QED) is 0.636. The van der Waals surface area contributed by atoms with Gasteiger partial charge in [-0.1, -0.05) is 13.0 Å². The van der Waals surface area contributed by atoms with Gasteiger partial charge in [0.15, 0.2) is 0 Å². The molecule has 0 fully saturated rings. The van der Waals surface area contributed by atoms with Gasteiger partial charge in [0, 0.05) is 18.1 Å². The Morgan fingerprint density at radius 2 is 2.14 bits per heavy atom. The smallest absolute Gasteiger partial charge is 0.324 e. The highest BCUT2D eigenvalue weighted by atomic mass is 16.6. The summed E-state index contributed by atoms with van der Waals surface area (Å²) < 4.78 is 10.9. The van der Waals surface area contributed by atoms with Gasteiger partial charge in [0.2, 0.25) is 0 Å². The van der Waals surface area contributed by atoms with Crippen molar-refractivity contribution in [2.24, 2.45) is 5.92 Å². The Morgan fingerprint density at radius 3 is 2.77 bits per heavy atom. The van der Waals surface area contributed by atoms with E-state index in [4.69, 9.17) is 9.47 Å². The molecule has 1 aromatic rings. The van der Waals surface area contributed by atoms with Gasteiger partial charge in [-0.25, -0.2) is 0 Å².